The molecule has 1 aliphatic rings. The zero-order valence-corrected chi connectivity index (χ0v) is 20.1. The number of carbonyl (C=O) groups is 2. The molecule has 2 aromatic rings. The average Bonchev–Trinajstić information content (AvgIpc) is 2.82. The molecule has 2 aromatic carbocycles. The summed E-state index contributed by atoms with van der Waals surface area (Å²) in [5.41, 5.74) is 1.05. The molecule has 3 rings (SSSR count). The average molecular weight is 485 g/mol. The summed E-state index contributed by atoms with van der Waals surface area (Å²) in [7, 11) is 0. The molecular formula is C25H29ClN4O4. The van der Waals surface area contributed by atoms with Crippen LogP contribution in [0.2, 0.25) is 5.02 Å². The first-order valence-electron chi connectivity index (χ1n) is 11.2. The Balaban J connectivity index is 1.56. The molecule has 0 aromatic heterocycles. The van der Waals surface area contributed by atoms with Gasteiger partial charge in [0.15, 0.2) is 0 Å². The molecule has 2 amide bonds. The van der Waals surface area contributed by atoms with Crippen molar-refractivity contribution in [1.82, 2.24) is 15.1 Å². The summed E-state index contributed by atoms with van der Waals surface area (Å²) in [5.74, 6) is -0.808. The van der Waals surface area contributed by atoms with Crippen molar-refractivity contribution in [2.75, 3.05) is 32.7 Å². The number of non-ortho nitro benzene ring substituents is 1. The Bertz CT molecular complexity index is 1050. The van der Waals surface area contributed by atoms with Crippen LogP contribution in [0.3, 0.4) is 0 Å². The normalized spacial score (nSPS) is 15.5. The number of halogens is 1. The Morgan fingerprint density at radius 2 is 1.79 bits per heavy atom. The molecule has 0 aliphatic carbocycles. The zero-order chi connectivity index (χ0) is 24.7. The Kier molecular flexibility index (Phi) is 8.79. The van der Waals surface area contributed by atoms with Gasteiger partial charge in [-0.05, 0) is 17.5 Å². The van der Waals surface area contributed by atoms with Gasteiger partial charge in [0.25, 0.3) is 11.6 Å². The van der Waals surface area contributed by atoms with Crippen LogP contribution in [0.15, 0.2) is 54.6 Å². The highest BCUT2D eigenvalue weighted by Gasteiger charge is 2.31. The highest BCUT2D eigenvalue weighted by molar-refractivity contribution is 6.34. The Hall–Kier alpha value is -3.23. The van der Waals surface area contributed by atoms with Gasteiger partial charge in [0.2, 0.25) is 5.91 Å². The highest BCUT2D eigenvalue weighted by Crippen LogP contribution is 2.23. The van der Waals surface area contributed by atoms with Gasteiger partial charge in [-0.3, -0.25) is 24.6 Å². The molecule has 0 bridgehead atoms. The van der Waals surface area contributed by atoms with Gasteiger partial charge in [-0.1, -0.05) is 67.9 Å². The third-order valence-corrected chi connectivity index (χ3v) is 6.10. The van der Waals surface area contributed by atoms with Gasteiger partial charge in [0, 0.05) is 44.9 Å². The van der Waals surface area contributed by atoms with Crippen LogP contribution in [-0.4, -0.2) is 65.3 Å². The number of hydrogen-bond donors (Lipinski definition) is 1. The number of rotatable bonds is 8. The summed E-state index contributed by atoms with van der Waals surface area (Å²) in [6.45, 7) is 7.19. The Labute approximate surface area is 204 Å². The summed E-state index contributed by atoms with van der Waals surface area (Å²) in [5, 5.41) is 13.6. The van der Waals surface area contributed by atoms with E-state index < -0.39 is 16.9 Å². The van der Waals surface area contributed by atoms with E-state index in [4.69, 9.17) is 11.6 Å². The minimum absolute atomic E-state index is 0.0289. The molecule has 1 fully saturated rings. The number of piperazine rings is 1. The van der Waals surface area contributed by atoms with Crippen LogP contribution in [0.1, 0.15) is 29.8 Å². The van der Waals surface area contributed by atoms with Crippen molar-refractivity contribution in [3.8, 4) is 0 Å². The molecule has 1 unspecified atom stereocenters. The Morgan fingerprint density at radius 1 is 1.12 bits per heavy atom. The predicted octanol–water partition coefficient (Wildman–Crippen LogP) is 3.86. The van der Waals surface area contributed by atoms with Crippen molar-refractivity contribution in [2.45, 2.75) is 19.9 Å². The van der Waals surface area contributed by atoms with E-state index in [2.05, 4.69) is 34.5 Å². The first-order chi connectivity index (χ1) is 16.3. The fourth-order valence-corrected chi connectivity index (χ4v) is 4.04. The molecule has 1 N–H and O–H groups in total. The van der Waals surface area contributed by atoms with Crippen molar-refractivity contribution in [2.24, 2.45) is 5.92 Å². The van der Waals surface area contributed by atoms with Gasteiger partial charge in [-0.15, -0.1) is 0 Å². The smallest absolute Gasteiger partial charge is 0.270 e. The van der Waals surface area contributed by atoms with E-state index in [0.29, 0.717) is 13.1 Å². The molecule has 1 heterocycles. The molecule has 1 saturated heterocycles. The van der Waals surface area contributed by atoms with Gasteiger partial charge >= 0.3 is 0 Å². The van der Waals surface area contributed by atoms with Crippen LogP contribution >= 0.6 is 11.6 Å². The van der Waals surface area contributed by atoms with Gasteiger partial charge < -0.3 is 10.2 Å². The van der Waals surface area contributed by atoms with E-state index in [1.807, 2.05) is 32.0 Å². The number of carbonyl (C=O) groups excluding carboxylic acids is 2. The standard InChI is InChI=1S/C25H29ClN4O4/c1-18(2)23(27-24(31)21-11-10-20(30(33)34)17-22(21)26)25(32)29-15-13-28(14-16-29)12-6-9-19-7-4-3-5-8-19/h3-11,17-18,23H,12-16H2,1-2H3,(H,27,31)/b9-6+. The first-order valence-corrected chi connectivity index (χ1v) is 11.6. The van der Waals surface area contributed by atoms with Crippen molar-refractivity contribution in [3.05, 3.63) is 80.9 Å². The maximum absolute atomic E-state index is 13.2. The number of nitro benzene ring substituents is 1. The van der Waals surface area contributed by atoms with Crippen molar-refractivity contribution in [1.29, 1.82) is 0 Å². The molecule has 1 aliphatic heterocycles. The van der Waals surface area contributed by atoms with Gasteiger partial charge in [-0.25, -0.2) is 0 Å². The van der Waals surface area contributed by atoms with Crippen LogP contribution < -0.4 is 5.32 Å². The maximum Gasteiger partial charge on any atom is 0.270 e. The quantitative estimate of drug-likeness (QED) is 0.453. The van der Waals surface area contributed by atoms with Gasteiger partial charge in [0.1, 0.15) is 6.04 Å². The maximum atomic E-state index is 13.2. The van der Waals surface area contributed by atoms with Gasteiger partial charge in [-0.2, -0.15) is 0 Å². The monoisotopic (exact) mass is 484 g/mol. The Morgan fingerprint density at radius 3 is 2.38 bits per heavy atom. The second-order valence-corrected chi connectivity index (χ2v) is 8.96. The van der Waals surface area contributed by atoms with Crippen molar-refractivity contribution < 1.29 is 14.5 Å². The van der Waals surface area contributed by atoms with E-state index in [-0.39, 0.29) is 28.1 Å². The molecule has 9 heteroatoms. The molecular weight excluding hydrogens is 456 g/mol. The van der Waals surface area contributed by atoms with Crippen LogP contribution in [-0.2, 0) is 4.79 Å². The number of amides is 2. The summed E-state index contributed by atoms with van der Waals surface area (Å²) in [6.07, 6.45) is 4.21. The SMILES string of the molecule is CC(C)C(NC(=O)c1ccc([N+](=O)[O-])cc1Cl)C(=O)N1CCN(C/C=C/c2ccccc2)CC1. The molecule has 34 heavy (non-hydrogen) atoms. The van der Waals surface area contributed by atoms with E-state index in [1.165, 1.54) is 12.1 Å². The molecule has 0 saturated carbocycles. The molecule has 0 spiro atoms. The van der Waals surface area contributed by atoms with Crippen LogP contribution in [0.4, 0.5) is 5.69 Å². The predicted molar refractivity (Wildman–Crippen MR) is 133 cm³/mol. The minimum atomic E-state index is -0.719. The number of hydrogen-bond acceptors (Lipinski definition) is 5. The number of nitrogens with zero attached hydrogens (tertiary/aromatic N) is 3. The second-order valence-electron chi connectivity index (χ2n) is 8.56. The van der Waals surface area contributed by atoms with Crippen molar-refractivity contribution >= 4 is 35.2 Å². The summed E-state index contributed by atoms with van der Waals surface area (Å²) in [6, 6.07) is 13.0. The van der Waals surface area contributed by atoms with E-state index in [1.54, 1.807) is 4.90 Å². The molecule has 8 nitrogen and oxygen atoms in total. The van der Waals surface area contributed by atoms with Gasteiger partial charge in [0.05, 0.1) is 15.5 Å². The van der Waals surface area contributed by atoms with Crippen LogP contribution in [0.5, 0.6) is 0 Å². The number of nitrogens with one attached hydrogen (secondary N) is 1. The van der Waals surface area contributed by atoms with Crippen LogP contribution in [0.25, 0.3) is 6.08 Å². The number of benzene rings is 2. The molecule has 180 valence electrons. The topological polar surface area (TPSA) is 95.8 Å². The highest BCUT2D eigenvalue weighted by atomic mass is 35.5. The first kappa shape index (κ1) is 25.4. The lowest BCUT2D eigenvalue weighted by atomic mass is 10.0. The summed E-state index contributed by atoms with van der Waals surface area (Å²) >= 11 is 6.08. The zero-order valence-electron chi connectivity index (χ0n) is 19.3. The third-order valence-electron chi connectivity index (χ3n) is 5.78. The second kappa shape index (κ2) is 11.8. The lowest BCUT2D eigenvalue weighted by Crippen LogP contribution is -2.56. The lowest BCUT2D eigenvalue weighted by molar-refractivity contribution is -0.384. The summed E-state index contributed by atoms with van der Waals surface area (Å²) in [4.78, 5) is 40.4. The van der Waals surface area contributed by atoms with E-state index >= 15 is 0 Å². The van der Waals surface area contributed by atoms with E-state index in [0.717, 1.165) is 31.3 Å². The minimum Gasteiger partial charge on any atom is -0.340 e. The van der Waals surface area contributed by atoms with E-state index in [9.17, 15) is 19.7 Å². The fourth-order valence-electron chi connectivity index (χ4n) is 3.78. The fraction of sp³-hybridized carbons (Fsp3) is 0.360. The summed E-state index contributed by atoms with van der Waals surface area (Å²) < 4.78 is 0. The molecule has 0 radical (unpaired) electrons. The largest absolute Gasteiger partial charge is 0.340 e. The number of nitro groups is 1. The van der Waals surface area contributed by atoms with Crippen LogP contribution in [0, 0.1) is 16.0 Å². The third kappa shape index (κ3) is 6.65. The van der Waals surface area contributed by atoms with Crippen molar-refractivity contribution in [3.63, 3.8) is 0 Å². The lowest BCUT2D eigenvalue weighted by Gasteiger charge is -2.37. The molecule has 1 atom stereocenters.